The van der Waals surface area contributed by atoms with Gasteiger partial charge < -0.3 is 9.80 Å². The summed E-state index contributed by atoms with van der Waals surface area (Å²) in [6.07, 6.45) is 2.15. The molecule has 1 fully saturated rings. The van der Waals surface area contributed by atoms with Crippen LogP contribution in [0, 0.1) is 16.0 Å². The molecule has 1 heterocycles. The molecule has 1 aliphatic rings. The molecule has 152 valence electrons. The van der Waals surface area contributed by atoms with Crippen molar-refractivity contribution < 1.29 is 14.5 Å². The first kappa shape index (κ1) is 20.9. The topological polar surface area (TPSA) is 83.8 Å². The normalized spacial score (nSPS) is 17.3. The van der Waals surface area contributed by atoms with Gasteiger partial charge in [-0.25, -0.2) is 0 Å². The van der Waals surface area contributed by atoms with Crippen LogP contribution >= 0.6 is 11.8 Å². The molecule has 0 aliphatic carbocycles. The summed E-state index contributed by atoms with van der Waals surface area (Å²) in [6.45, 7) is 2.16. The summed E-state index contributed by atoms with van der Waals surface area (Å²) in [4.78, 5) is 40.4. The highest BCUT2D eigenvalue weighted by atomic mass is 32.2. The number of carbonyl (C=O) groups is 2. The summed E-state index contributed by atoms with van der Waals surface area (Å²) in [7, 11) is 1.67. The number of nitrogens with zero attached hydrogens (tertiary/aromatic N) is 3. The highest BCUT2D eigenvalue weighted by Gasteiger charge is 2.37. The Balaban J connectivity index is 1.71. The van der Waals surface area contributed by atoms with E-state index in [1.165, 1.54) is 12.1 Å². The lowest BCUT2D eigenvalue weighted by Gasteiger charge is -2.27. The minimum Gasteiger partial charge on any atom is -0.339 e. The molecule has 1 aliphatic heterocycles. The Morgan fingerprint density at radius 1 is 1.28 bits per heavy atom. The van der Waals surface area contributed by atoms with Crippen molar-refractivity contribution in [3.05, 3.63) is 64.2 Å². The maximum atomic E-state index is 13.0. The number of hydrogen-bond donors (Lipinski definition) is 0. The predicted octanol–water partition coefficient (Wildman–Crippen LogP) is 3.89. The van der Waals surface area contributed by atoms with E-state index in [-0.39, 0.29) is 30.0 Å². The van der Waals surface area contributed by atoms with E-state index < -0.39 is 10.8 Å². The Kier molecular flexibility index (Phi) is 6.22. The van der Waals surface area contributed by atoms with E-state index in [2.05, 4.69) is 0 Å². The third-order valence-corrected chi connectivity index (χ3v) is 6.09. The summed E-state index contributed by atoms with van der Waals surface area (Å²) in [5, 5.41) is 11.0. The van der Waals surface area contributed by atoms with Gasteiger partial charge in [0, 0.05) is 42.7 Å². The van der Waals surface area contributed by atoms with Crippen LogP contribution in [0.15, 0.2) is 53.4 Å². The van der Waals surface area contributed by atoms with Crippen LogP contribution in [-0.4, -0.2) is 41.5 Å². The zero-order valence-corrected chi connectivity index (χ0v) is 17.4. The van der Waals surface area contributed by atoms with Gasteiger partial charge in [0.05, 0.1) is 16.9 Å². The fourth-order valence-electron chi connectivity index (χ4n) is 3.49. The fraction of sp³-hybridized carbons (Fsp3) is 0.333. The smallest absolute Gasteiger partial charge is 0.269 e. The first-order valence-corrected chi connectivity index (χ1v) is 10.5. The molecule has 0 N–H and O–H groups in total. The van der Waals surface area contributed by atoms with E-state index in [1.807, 2.05) is 37.4 Å². The number of nitro benzene ring substituents is 1. The number of benzene rings is 2. The molecule has 2 aromatic rings. The van der Waals surface area contributed by atoms with E-state index in [0.29, 0.717) is 12.1 Å². The molecule has 0 bridgehead atoms. The minimum absolute atomic E-state index is 0.00823. The summed E-state index contributed by atoms with van der Waals surface area (Å²) >= 11 is 1.63. The van der Waals surface area contributed by atoms with E-state index >= 15 is 0 Å². The van der Waals surface area contributed by atoms with Crippen molar-refractivity contribution in [3.63, 3.8) is 0 Å². The van der Waals surface area contributed by atoms with Crippen molar-refractivity contribution in [1.82, 2.24) is 4.90 Å². The number of carbonyl (C=O) groups excluding carboxylic acids is 2. The molecule has 0 saturated carbocycles. The second kappa shape index (κ2) is 8.65. The number of hydrogen-bond acceptors (Lipinski definition) is 5. The zero-order chi connectivity index (χ0) is 21.1. The average molecular weight is 413 g/mol. The van der Waals surface area contributed by atoms with Crippen LogP contribution in [0.2, 0.25) is 0 Å². The zero-order valence-electron chi connectivity index (χ0n) is 16.6. The lowest BCUT2D eigenvalue weighted by atomic mass is 10.0. The van der Waals surface area contributed by atoms with Crippen LogP contribution in [0.1, 0.15) is 24.9 Å². The molecule has 0 spiro atoms. The molecule has 3 rings (SSSR count). The van der Waals surface area contributed by atoms with Crippen LogP contribution in [0.3, 0.4) is 0 Å². The lowest BCUT2D eigenvalue weighted by molar-refractivity contribution is -0.384. The third-order valence-electron chi connectivity index (χ3n) is 5.35. The Hall–Kier alpha value is -2.87. The number of rotatable bonds is 6. The summed E-state index contributed by atoms with van der Waals surface area (Å²) in [5.41, 5.74) is 1.47. The molecule has 2 amide bonds. The number of thioether (sulfide) groups is 1. The third kappa shape index (κ3) is 4.42. The van der Waals surface area contributed by atoms with Crippen LogP contribution in [0.25, 0.3) is 0 Å². The first-order valence-electron chi connectivity index (χ1n) is 9.27. The highest BCUT2D eigenvalue weighted by Crippen LogP contribution is 2.30. The van der Waals surface area contributed by atoms with Gasteiger partial charge in [0.1, 0.15) is 0 Å². The second-order valence-electron chi connectivity index (χ2n) is 7.08. The van der Waals surface area contributed by atoms with Crippen molar-refractivity contribution in [2.24, 2.45) is 5.92 Å². The van der Waals surface area contributed by atoms with Gasteiger partial charge in [-0.3, -0.25) is 19.7 Å². The lowest BCUT2D eigenvalue weighted by Crippen LogP contribution is -2.36. The SMILES string of the molecule is CSc1ccc(N2C[C@@H](C(=O)N(C)[C@@H](C)c3cccc([N+](=O)[O-])c3)CC2=O)cc1. The van der Waals surface area contributed by atoms with Crippen LogP contribution < -0.4 is 4.90 Å². The molecule has 8 heteroatoms. The maximum Gasteiger partial charge on any atom is 0.269 e. The van der Waals surface area contributed by atoms with E-state index in [0.717, 1.165) is 10.6 Å². The van der Waals surface area contributed by atoms with Crippen molar-refractivity contribution in [1.29, 1.82) is 0 Å². The molecular formula is C21H23N3O4S. The predicted molar refractivity (Wildman–Crippen MR) is 113 cm³/mol. The molecule has 29 heavy (non-hydrogen) atoms. The molecule has 0 unspecified atom stereocenters. The van der Waals surface area contributed by atoms with Crippen molar-refractivity contribution in [3.8, 4) is 0 Å². The number of anilines is 1. The van der Waals surface area contributed by atoms with Crippen LogP contribution in [0.5, 0.6) is 0 Å². The van der Waals surface area contributed by atoms with Crippen molar-refractivity contribution >= 4 is 35.0 Å². The number of amides is 2. The molecule has 7 nitrogen and oxygen atoms in total. The van der Waals surface area contributed by atoms with E-state index in [4.69, 9.17) is 0 Å². The summed E-state index contributed by atoms with van der Waals surface area (Å²) in [5.74, 6) is -0.647. The molecule has 2 atom stereocenters. The van der Waals surface area contributed by atoms with Crippen molar-refractivity contribution in [2.75, 3.05) is 24.7 Å². The quantitative estimate of drug-likeness (QED) is 0.408. The van der Waals surface area contributed by atoms with Gasteiger partial charge in [0.15, 0.2) is 0 Å². The Bertz CT molecular complexity index is 932. The van der Waals surface area contributed by atoms with Gasteiger partial charge in [-0.2, -0.15) is 0 Å². The monoisotopic (exact) mass is 413 g/mol. The Morgan fingerprint density at radius 2 is 1.97 bits per heavy atom. The molecule has 0 aromatic heterocycles. The van der Waals surface area contributed by atoms with Crippen LogP contribution in [0.4, 0.5) is 11.4 Å². The van der Waals surface area contributed by atoms with E-state index in [1.54, 1.807) is 40.7 Å². The molecule has 1 saturated heterocycles. The standard InChI is InChI=1S/C21H23N3O4S/c1-14(15-5-4-6-18(11-15)24(27)28)22(2)21(26)16-12-20(25)23(13-16)17-7-9-19(29-3)10-8-17/h4-11,14,16H,12-13H2,1-3H3/t14-,16-/m0/s1. The van der Waals surface area contributed by atoms with Crippen molar-refractivity contribution in [2.45, 2.75) is 24.3 Å². The first-order chi connectivity index (χ1) is 13.8. The summed E-state index contributed by atoms with van der Waals surface area (Å²) in [6, 6.07) is 13.6. The van der Waals surface area contributed by atoms with Gasteiger partial charge in [-0.1, -0.05) is 12.1 Å². The average Bonchev–Trinajstić information content (AvgIpc) is 3.13. The minimum atomic E-state index is -0.451. The van der Waals surface area contributed by atoms with Gasteiger partial charge in [-0.15, -0.1) is 11.8 Å². The Morgan fingerprint density at radius 3 is 2.59 bits per heavy atom. The number of nitro groups is 1. The van der Waals surface area contributed by atoms with Gasteiger partial charge >= 0.3 is 0 Å². The number of non-ortho nitro benzene ring substituents is 1. The largest absolute Gasteiger partial charge is 0.339 e. The van der Waals surface area contributed by atoms with E-state index in [9.17, 15) is 19.7 Å². The summed E-state index contributed by atoms with van der Waals surface area (Å²) < 4.78 is 0. The molecule has 0 radical (unpaired) electrons. The van der Waals surface area contributed by atoms with Gasteiger partial charge in [0.25, 0.3) is 5.69 Å². The molecule has 2 aromatic carbocycles. The molecular weight excluding hydrogens is 390 g/mol. The van der Waals surface area contributed by atoms with Crippen LogP contribution in [-0.2, 0) is 9.59 Å². The van der Waals surface area contributed by atoms with Gasteiger partial charge in [0.2, 0.25) is 11.8 Å². The fourth-order valence-corrected chi connectivity index (χ4v) is 3.89. The maximum absolute atomic E-state index is 13.0. The Labute approximate surface area is 173 Å². The highest BCUT2D eigenvalue weighted by molar-refractivity contribution is 7.98. The second-order valence-corrected chi connectivity index (χ2v) is 7.96. The van der Waals surface area contributed by atoms with Gasteiger partial charge in [-0.05, 0) is 43.0 Å².